The highest BCUT2D eigenvalue weighted by Gasteiger charge is 2.04. The molecule has 0 fully saturated rings. The first-order chi connectivity index (χ1) is 5.22. The molecule has 5 heteroatoms. The normalized spacial score (nSPS) is 13.4. The molecule has 3 N–H and O–H groups in total. The van der Waals surface area contributed by atoms with E-state index in [2.05, 4.69) is 4.98 Å². The Balaban J connectivity index is 2.50. The number of halogens is 1. The van der Waals surface area contributed by atoms with Gasteiger partial charge in [-0.2, -0.15) is 0 Å². The van der Waals surface area contributed by atoms with Gasteiger partial charge in [-0.05, 0) is 0 Å². The highest BCUT2D eigenvalue weighted by Crippen LogP contribution is 2.18. The highest BCUT2D eigenvalue weighted by atomic mass is 35.5. The lowest BCUT2D eigenvalue weighted by atomic mass is 10.2. The van der Waals surface area contributed by atoms with Gasteiger partial charge in [0.05, 0.1) is 6.61 Å². The molecule has 3 nitrogen and oxygen atoms in total. The lowest BCUT2D eigenvalue weighted by molar-refractivity contribution is 0.265. The molecule has 1 heterocycles. The van der Waals surface area contributed by atoms with E-state index in [0.29, 0.717) is 10.9 Å². The van der Waals surface area contributed by atoms with Crippen molar-refractivity contribution >= 4 is 22.9 Å². The van der Waals surface area contributed by atoms with Gasteiger partial charge in [0.25, 0.3) is 0 Å². The van der Waals surface area contributed by atoms with Crippen LogP contribution in [0.25, 0.3) is 0 Å². The van der Waals surface area contributed by atoms with Crippen molar-refractivity contribution in [3.05, 3.63) is 15.5 Å². The van der Waals surface area contributed by atoms with Gasteiger partial charge in [-0.25, -0.2) is 4.98 Å². The third-order valence-corrected chi connectivity index (χ3v) is 2.36. The Morgan fingerprint density at radius 2 is 2.55 bits per heavy atom. The third kappa shape index (κ3) is 2.75. The summed E-state index contributed by atoms with van der Waals surface area (Å²) in [5.74, 6) is 0. The Morgan fingerprint density at radius 1 is 1.82 bits per heavy atom. The molecule has 0 bridgehead atoms. The number of aliphatic hydroxyl groups excluding tert-OH is 1. The maximum absolute atomic E-state index is 8.63. The van der Waals surface area contributed by atoms with Crippen molar-refractivity contribution in [1.29, 1.82) is 0 Å². The number of aromatic nitrogens is 1. The van der Waals surface area contributed by atoms with Crippen molar-refractivity contribution < 1.29 is 5.11 Å². The lowest BCUT2D eigenvalue weighted by Gasteiger charge is -2.03. The lowest BCUT2D eigenvalue weighted by Crippen LogP contribution is -2.26. The molecular weight excluding hydrogens is 184 g/mol. The van der Waals surface area contributed by atoms with E-state index in [1.165, 1.54) is 11.3 Å². The SMILES string of the molecule is NC(CO)Cc1cnc(Cl)s1. The van der Waals surface area contributed by atoms with Gasteiger partial charge >= 0.3 is 0 Å². The minimum atomic E-state index is -0.202. The Kier molecular flexibility index (Phi) is 3.26. The molecular formula is C6H9ClN2OS. The van der Waals surface area contributed by atoms with E-state index in [1.54, 1.807) is 6.20 Å². The van der Waals surface area contributed by atoms with Crippen LogP contribution in [-0.2, 0) is 6.42 Å². The van der Waals surface area contributed by atoms with Crippen LogP contribution >= 0.6 is 22.9 Å². The maximum Gasteiger partial charge on any atom is 0.183 e. The van der Waals surface area contributed by atoms with Crippen LogP contribution in [0.5, 0.6) is 0 Å². The summed E-state index contributed by atoms with van der Waals surface area (Å²) in [5, 5.41) is 8.63. The molecule has 1 aromatic rings. The molecule has 0 spiro atoms. The first-order valence-electron chi connectivity index (χ1n) is 3.19. The van der Waals surface area contributed by atoms with Crippen LogP contribution in [0.2, 0.25) is 4.47 Å². The van der Waals surface area contributed by atoms with Gasteiger partial charge in [0.15, 0.2) is 4.47 Å². The molecule has 1 unspecified atom stereocenters. The zero-order valence-electron chi connectivity index (χ0n) is 5.83. The number of nitrogens with two attached hydrogens (primary N) is 1. The summed E-state index contributed by atoms with van der Waals surface area (Å²) < 4.78 is 0.519. The molecule has 0 radical (unpaired) electrons. The van der Waals surface area contributed by atoms with Crippen molar-refractivity contribution in [2.75, 3.05) is 6.61 Å². The maximum atomic E-state index is 8.63. The Bertz CT molecular complexity index is 228. The van der Waals surface area contributed by atoms with Crippen LogP contribution in [0.15, 0.2) is 6.20 Å². The van der Waals surface area contributed by atoms with Gasteiger partial charge in [-0.15, -0.1) is 11.3 Å². The standard InChI is InChI=1S/C6H9ClN2OS/c7-6-9-2-5(11-6)1-4(8)3-10/h2,4,10H,1,3,8H2. The molecule has 1 atom stereocenters. The number of rotatable bonds is 3. The summed E-state index contributed by atoms with van der Waals surface area (Å²) >= 11 is 6.99. The van der Waals surface area contributed by atoms with Crippen LogP contribution in [0.4, 0.5) is 0 Å². The van der Waals surface area contributed by atoms with Gasteiger partial charge in [-0.3, -0.25) is 0 Å². The van der Waals surface area contributed by atoms with Crippen molar-refractivity contribution in [2.24, 2.45) is 5.73 Å². The molecule has 11 heavy (non-hydrogen) atoms. The molecule has 1 aromatic heterocycles. The summed E-state index contributed by atoms with van der Waals surface area (Å²) in [6.45, 7) is -0.00445. The van der Waals surface area contributed by atoms with Gasteiger partial charge in [0.2, 0.25) is 0 Å². The Labute approximate surface area is 73.8 Å². The first kappa shape index (κ1) is 8.93. The van der Waals surface area contributed by atoms with E-state index in [0.717, 1.165) is 4.88 Å². The van der Waals surface area contributed by atoms with Crippen LogP contribution in [0.3, 0.4) is 0 Å². The van der Waals surface area contributed by atoms with Crippen molar-refractivity contribution in [3.8, 4) is 0 Å². The van der Waals surface area contributed by atoms with Crippen LogP contribution < -0.4 is 5.73 Å². The molecule has 0 aliphatic carbocycles. The van der Waals surface area contributed by atoms with Crippen molar-refractivity contribution in [1.82, 2.24) is 4.98 Å². The predicted octanol–water partition coefficient (Wildman–Crippen LogP) is 0.659. The zero-order valence-corrected chi connectivity index (χ0v) is 7.40. The van der Waals surface area contributed by atoms with Gasteiger partial charge < -0.3 is 10.8 Å². The summed E-state index contributed by atoms with van der Waals surface area (Å²) in [7, 11) is 0. The summed E-state index contributed by atoms with van der Waals surface area (Å²) in [6, 6.07) is -0.202. The zero-order chi connectivity index (χ0) is 8.27. The molecule has 0 saturated carbocycles. The molecule has 0 saturated heterocycles. The molecule has 0 amide bonds. The molecule has 0 aromatic carbocycles. The van der Waals surface area contributed by atoms with Crippen LogP contribution in [-0.4, -0.2) is 22.7 Å². The summed E-state index contributed by atoms with van der Waals surface area (Å²) in [5.41, 5.74) is 5.50. The van der Waals surface area contributed by atoms with E-state index < -0.39 is 0 Å². The van der Waals surface area contributed by atoms with Gasteiger partial charge in [0, 0.05) is 23.5 Å². The number of nitrogens with zero attached hydrogens (tertiary/aromatic N) is 1. The second-order valence-corrected chi connectivity index (χ2v) is 3.92. The van der Waals surface area contributed by atoms with Crippen LogP contribution in [0.1, 0.15) is 4.88 Å². The fourth-order valence-electron chi connectivity index (χ4n) is 0.701. The van der Waals surface area contributed by atoms with Crippen LogP contribution in [0, 0.1) is 0 Å². The average Bonchev–Trinajstić information content (AvgIpc) is 2.35. The first-order valence-corrected chi connectivity index (χ1v) is 4.38. The Morgan fingerprint density at radius 3 is 3.00 bits per heavy atom. The monoisotopic (exact) mass is 192 g/mol. The number of aliphatic hydroxyl groups is 1. The third-order valence-electron chi connectivity index (χ3n) is 1.22. The molecule has 62 valence electrons. The largest absolute Gasteiger partial charge is 0.395 e. The topological polar surface area (TPSA) is 59.1 Å². The second-order valence-electron chi connectivity index (χ2n) is 2.23. The molecule has 0 aliphatic heterocycles. The van der Waals surface area contributed by atoms with E-state index in [4.69, 9.17) is 22.4 Å². The fourth-order valence-corrected chi connectivity index (χ4v) is 1.77. The minimum absolute atomic E-state index is 0.00445. The highest BCUT2D eigenvalue weighted by molar-refractivity contribution is 7.15. The van der Waals surface area contributed by atoms with E-state index in [1.807, 2.05) is 0 Å². The van der Waals surface area contributed by atoms with E-state index in [9.17, 15) is 0 Å². The van der Waals surface area contributed by atoms with Crippen molar-refractivity contribution in [2.45, 2.75) is 12.5 Å². The Hall–Kier alpha value is -0.160. The number of hydrogen-bond donors (Lipinski definition) is 2. The summed E-state index contributed by atoms with van der Waals surface area (Å²) in [6.07, 6.45) is 2.32. The predicted molar refractivity (Wildman–Crippen MR) is 45.9 cm³/mol. The van der Waals surface area contributed by atoms with Gasteiger partial charge in [-0.1, -0.05) is 11.6 Å². The molecule has 0 aliphatic rings. The smallest absolute Gasteiger partial charge is 0.183 e. The second kappa shape index (κ2) is 4.01. The summed E-state index contributed by atoms with van der Waals surface area (Å²) in [4.78, 5) is 4.86. The van der Waals surface area contributed by atoms with Crippen molar-refractivity contribution in [3.63, 3.8) is 0 Å². The van der Waals surface area contributed by atoms with E-state index in [-0.39, 0.29) is 12.6 Å². The molecule has 1 rings (SSSR count). The average molecular weight is 193 g/mol. The fraction of sp³-hybridized carbons (Fsp3) is 0.500. The number of hydrogen-bond acceptors (Lipinski definition) is 4. The van der Waals surface area contributed by atoms with E-state index >= 15 is 0 Å². The quantitative estimate of drug-likeness (QED) is 0.740. The minimum Gasteiger partial charge on any atom is -0.395 e. The van der Waals surface area contributed by atoms with Gasteiger partial charge in [0.1, 0.15) is 0 Å². The number of thiazole rings is 1.